The zero-order valence-electron chi connectivity index (χ0n) is 9.72. The third kappa shape index (κ3) is 4.93. The van der Waals surface area contributed by atoms with Crippen molar-refractivity contribution in [2.24, 2.45) is 5.73 Å². The quantitative estimate of drug-likeness (QED) is 0.663. The lowest BCUT2D eigenvalue weighted by Gasteiger charge is -2.14. The topological polar surface area (TPSA) is 72.9 Å². The molecule has 0 radical (unpaired) electrons. The molecule has 0 spiro atoms. The van der Waals surface area contributed by atoms with Crippen molar-refractivity contribution < 1.29 is 4.79 Å². The van der Waals surface area contributed by atoms with Gasteiger partial charge in [-0.3, -0.25) is 4.79 Å². The Hall–Kier alpha value is -1.36. The van der Waals surface area contributed by atoms with Crippen LogP contribution in [0.25, 0.3) is 0 Å². The molecule has 16 heavy (non-hydrogen) atoms. The van der Waals surface area contributed by atoms with E-state index in [1.807, 2.05) is 17.7 Å². The van der Waals surface area contributed by atoms with Crippen LogP contribution in [0.2, 0.25) is 0 Å². The normalized spacial score (nSPS) is 12.4. The maximum atomic E-state index is 11.5. The van der Waals surface area contributed by atoms with Crippen LogP contribution in [0.1, 0.15) is 26.2 Å². The summed E-state index contributed by atoms with van der Waals surface area (Å²) >= 11 is 0. The third-order valence-electron chi connectivity index (χ3n) is 2.31. The number of unbranched alkanes of at least 4 members (excludes halogenated alkanes) is 1. The molecule has 0 aliphatic rings. The van der Waals surface area contributed by atoms with Gasteiger partial charge in [-0.25, -0.2) is 4.98 Å². The van der Waals surface area contributed by atoms with Crippen LogP contribution in [0.4, 0.5) is 0 Å². The number of hydrogen-bond acceptors (Lipinski definition) is 3. The van der Waals surface area contributed by atoms with Gasteiger partial charge in [0, 0.05) is 31.4 Å². The van der Waals surface area contributed by atoms with E-state index in [0.29, 0.717) is 13.0 Å². The molecule has 1 aromatic heterocycles. The van der Waals surface area contributed by atoms with Crippen molar-refractivity contribution in [1.82, 2.24) is 14.9 Å². The Balaban J connectivity index is 2.18. The zero-order valence-corrected chi connectivity index (χ0v) is 9.72. The van der Waals surface area contributed by atoms with E-state index in [4.69, 9.17) is 5.73 Å². The molecule has 1 heterocycles. The van der Waals surface area contributed by atoms with Gasteiger partial charge >= 0.3 is 0 Å². The molecule has 0 saturated carbocycles. The number of amides is 1. The van der Waals surface area contributed by atoms with Crippen LogP contribution in [0.3, 0.4) is 0 Å². The van der Waals surface area contributed by atoms with Crippen molar-refractivity contribution in [1.29, 1.82) is 0 Å². The summed E-state index contributed by atoms with van der Waals surface area (Å²) < 4.78 is 1.95. The molecule has 5 heteroatoms. The molecule has 1 aromatic rings. The van der Waals surface area contributed by atoms with E-state index in [1.54, 1.807) is 12.5 Å². The lowest BCUT2D eigenvalue weighted by atomic mass is 10.2. The number of nitrogens with one attached hydrogen (secondary N) is 1. The number of carbonyl (C=O) groups is 1. The van der Waals surface area contributed by atoms with E-state index in [-0.39, 0.29) is 11.9 Å². The van der Waals surface area contributed by atoms with Crippen LogP contribution in [-0.2, 0) is 11.3 Å². The van der Waals surface area contributed by atoms with E-state index in [2.05, 4.69) is 10.3 Å². The molecule has 90 valence electrons. The molecule has 0 aliphatic heterocycles. The molecule has 1 unspecified atom stereocenters. The summed E-state index contributed by atoms with van der Waals surface area (Å²) in [5.41, 5.74) is 5.36. The molecule has 0 aromatic carbocycles. The second-order valence-corrected chi connectivity index (χ2v) is 3.97. The highest BCUT2D eigenvalue weighted by molar-refractivity contribution is 5.76. The fourth-order valence-corrected chi connectivity index (χ4v) is 1.53. The first-order valence-electron chi connectivity index (χ1n) is 5.67. The predicted molar refractivity (Wildman–Crippen MR) is 62.7 cm³/mol. The van der Waals surface area contributed by atoms with Crippen LogP contribution in [0, 0.1) is 0 Å². The Morgan fingerprint density at radius 3 is 3.00 bits per heavy atom. The first-order chi connectivity index (χ1) is 7.72. The van der Waals surface area contributed by atoms with Gasteiger partial charge in [0.2, 0.25) is 5.91 Å². The Morgan fingerprint density at radius 1 is 1.56 bits per heavy atom. The van der Waals surface area contributed by atoms with Gasteiger partial charge in [-0.2, -0.15) is 0 Å². The largest absolute Gasteiger partial charge is 0.352 e. The highest BCUT2D eigenvalue weighted by Crippen LogP contribution is 1.96. The molecule has 0 fully saturated rings. The predicted octanol–water partition coefficient (Wildman–Crippen LogP) is 0.517. The fraction of sp³-hybridized carbons (Fsp3) is 0.636. The lowest BCUT2D eigenvalue weighted by molar-refractivity contribution is -0.121. The van der Waals surface area contributed by atoms with Gasteiger partial charge < -0.3 is 15.6 Å². The molecule has 1 amide bonds. The number of carbonyl (C=O) groups excluding carboxylic acids is 1. The minimum absolute atomic E-state index is 0.0982. The van der Waals surface area contributed by atoms with Gasteiger partial charge in [0.25, 0.3) is 0 Å². The number of nitrogens with zero attached hydrogens (tertiary/aromatic N) is 2. The minimum Gasteiger partial charge on any atom is -0.352 e. The Morgan fingerprint density at radius 2 is 2.38 bits per heavy atom. The molecular weight excluding hydrogens is 204 g/mol. The van der Waals surface area contributed by atoms with E-state index in [0.717, 1.165) is 19.4 Å². The van der Waals surface area contributed by atoms with Crippen molar-refractivity contribution in [2.45, 2.75) is 38.8 Å². The van der Waals surface area contributed by atoms with Gasteiger partial charge in [0.05, 0.1) is 6.33 Å². The van der Waals surface area contributed by atoms with Crippen molar-refractivity contribution in [3.63, 3.8) is 0 Å². The summed E-state index contributed by atoms with van der Waals surface area (Å²) in [6.07, 6.45) is 7.69. The third-order valence-corrected chi connectivity index (χ3v) is 2.31. The second-order valence-electron chi connectivity index (χ2n) is 3.97. The monoisotopic (exact) mass is 224 g/mol. The van der Waals surface area contributed by atoms with Crippen LogP contribution in [0.5, 0.6) is 0 Å². The number of rotatable bonds is 7. The van der Waals surface area contributed by atoms with Gasteiger partial charge in [0.1, 0.15) is 0 Å². The van der Waals surface area contributed by atoms with Crippen LogP contribution >= 0.6 is 0 Å². The molecule has 0 saturated heterocycles. The van der Waals surface area contributed by atoms with Crippen LogP contribution < -0.4 is 11.1 Å². The average molecular weight is 224 g/mol. The molecule has 5 nitrogen and oxygen atoms in total. The summed E-state index contributed by atoms with van der Waals surface area (Å²) in [7, 11) is 0. The first-order valence-corrected chi connectivity index (χ1v) is 5.67. The molecule has 1 atom stereocenters. The van der Waals surface area contributed by atoms with Crippen molar-refractivity contribution in [3.8, 4) is 0 Å². The maximum absolute atomic E-state index is 11.5. The number of aromatic nitrogens is 2. The Labute approximate surface area is 96.0 Å². The first kappa shape index (κ1) is 12.7. The fourth-order valence-electron chi connectivity index (χ4n) is 1.53. The Kier molecular flexibility index (Phi) is 5.56. The summed E-state index contributed by atoms with van der Waals surface area (Å²) in [6.45, 7) is 3.39. The van der Waals surface area contributed by atoms with E-state index in [1.165, 1.54) is 0 Å². The van der Waals surface area contributed by atoms with Crippen molar-refractivity contribution in [3.05, 3.63) is 18.7 Å². The zero-order chi connectivity index (χ0) is 11.8. The SMILES string of the molecule is CC(Cn1ccnc1)NC(=O)CCCCN. The molecule has 1 rings (SSSR count). The second kappa shape index (κ2) is 7.00. The highest BCUT2D eigenvalue weighted by Gasteiger charge is 2.07. The lowest BCUT2D eigenvalue weighted by Crippen LogP contribution is -2.35. The summed E-state index contributed by atoms with van der Waals surface area (Å²) in [5, 5.41) is 2.95. The van der Waals surface area contributed by atoms with Crippen molar-refractivity contribution >= 4 is 5.91 Å². The minimum atomic E-state index is 0.0982. The van der Waals surface area contributed by atoms with E-state index >= 15 is 0 Å². The van der Waals surface area contributed by atoms with Crippen molar-refractivity contribution in [2.75, 3.05) is 6.54 Å². The van der Waals surface area contributed by atoms with Gasteiger partial charge in [-0.15, -0.1) is 0 Å². The standard InChI is InChI=1S/C11H20N4O/c1-10(8-15-7-6-13-9-15)14-11(16)4-2-3-5-12/h6-7,9-10H,2-5,8,12H2,1H3,(H,14,16). The number of hydrogen-bond donors (Lipinski definition) is 2. The van der Waals surface area contributed by atoms with Crippen LogP contribution in [0.15, 0.2) is 18.7 Å². The smallest absolute Gasteiger partial charge is 0.220 e. The van der Waals surface area contributed by atoms with Gasteiger partial charge in [0.15, 0.2) is 0 Å². The highest BCUT2D eigenvalue weighted by atomic mass is 16.1. The van der Waals surface area contributed by atoms with Gasteiger partial charge in [-0.05, 0) is 26.3 Å². The van der Waals surface area contributed by atoms with E-state index < -0.39 is 0 Å². The number of nitrogens with two attached hydrogens (primary N) is 1. The number of imidazole rings is 1. The van der Waals surface area contributed by atoms with Crippen LogP contribution in [-0.4, -0.2) is 28.0 Å². The molecular formula is C11H20N4O. The maximum Gasteiger partial charge on any atom is 0.220 e. The van der Waals surface area contributed by atoms with E-state index in [9.17, 15) is 4.79 Å². The summed E-state index contributed by atoms with van der Waals surface area (Å²) in [4.78, 5) is 15.4. The summed E-state index contributed by atoms with van der Waals surface area (Å²) in [6, 6.07) is 0.125. The molecule has 0 bridgehead atoms. The molecule has 3 N–H and O–H groups in total. The molecule has 0 aliphatic carbocycles. The Bertz CT molecular complexity index is 297. The van der Waals surface area contributed by atoms with Gasteiger partial charge in [-0.1, -0.05) is 0 Å². The summed E-state index contributed by atoms with van der Waals surface area (Å²) in [5.74, 6) is 0.0982. The average Bonchev–Trinajstić information content (AvgIpc) is 2.70.